The third-order valence-corrected chi connectivity index (χ3v) is 5.26. The van der Waals surface area contributed by atoms with Crippen molar-refractivity contribution in [1.29, 1.82) is 0 Å². The molecule has 138 valence electrons. The van der Waals surface area contributed by atoms with Gasteiger partial charge in [-0.15, -0.1) is 0 Å². The van der Waals surface area contributed by atoms with Gasteiger partial charge in [0.25, 0.3) is 5.91 Å². The molecule has 1 aromatic rings. The minimum Gasteiger partial charge on any atom is -0.484 e. The van der Waals surface area contributed by atoms with Crippen LogP contribution >= 0.6 is 23.2 Å². The Labute approximate surface area is 158 Å². The van der Waals surface area contributed by atoms with Gasteiger partial charge in [-0.25, -0.2) is 0 Å². The first kappa shape index (κ1) is 19.9. The van der Waals surface area contributed by atoms with Crippen molar-refractivity contribution < 1.29 is 14.3 Å². The molecular formula is C18H24Cl2N2O3. The topological polar surface area (TPSA) is 49.9 Å². The smallest absolute Gasteiger partial charge is 0.260 e. The maximum absolute atomic E-state index is 12.4. The zero-order valence-corrected chi connectivity index (χ0v) is 16.1. The highest BCUT2D eigenvalue weighted by molar-refractivity contribution is 6.42. The van der Waals surface area contributed by atoms with E-state index in [1.807, 2.05) is 18.7 Å². The Kier molecular flexibility index (Phi) is 7.38. The molecule has 1 aliphatic rings. The average molecular weight is 387 g/mol. The molecule has 0 saturated carbocycles. The minimum absolute atomic E-state index is 0.0138. The summed E-state index contributed by atoms with van der Waals surface area (Å²) in [5.74, 6) is 0.637. The lowest BCUT2D eigenvalue weighted by Gasteiger charge is -2.33. The van der Waals surface area contributed by atoms with Gasteiger partial charge in [0, 0.05) is 38.2 Å². The van der Waals surface area contributed by atoms with E-state index in [0.29, 0.717) is 41.7 Å². The molecule has 1 aromatic carbocycles. The van der Waals surface area contributed by atoms with E-state index in [1.165, 1.54) is 0 Å². The van der Waals surface area contributed by atoms with Crippen LogP contribution in [0.4, 0.5) is 0 Å². The van der Waals surface area contributed by atoms with Crippen LogP contribution in [0.3, 0.4) is 0 Å². The first-order valence-electron chi connectivity index (χ1n) is 8.60. The van der Waals surface area contributed by atoms with Crippen LogP contribution in [-0.4, -0.2) is 54.4 Å². The van der Waals surface area contributed by atoms with Gasteiger partial charge < -0.3 is 14.5 Å². The lowest BCUT2D eigenvalue weighted by molar-refractivity contribution is -0.141. The fraction of sp³-hybridized carbons (Fsp3) is 0.556. The predicted molar refractivity (Wildman–Crippen MR) is 99.2 cm³/mol. The van der Waals surface area contributed by atoms with E-state index >= 15 is 0 Å². The van der Waals surface area contributed by atoms with Crippen molar-refractivity contribution in [2.45, 2.75) is 26.7 Å². The summed E-state index contributed by atoms with van der Waals surface area (Å²) in [5.41, 5.74) is 0. The molecule has 5 nitrogen and oxygen atoms in total. The Bertz CT molecular complexity index is 612. The van der Waals surface area contributed by atoms with E-state index in [1.54, 1.807) is 23.1 Å². The number of benzene rings is 1. The van der Waals surface area contributed by atoms with E-state index in [-0.39, 0.29) is 24.3 Å². The van der Waals surface area contributed by atoms with Gasteiger partial charge in [-0.1, -0.05) is 23.2 Å². The number of rotatable bonds is 6. The molecule has 0 spiro atoms. The zero-order valence-electron chi connectivity index (χ0n) is 14.6. The number of amides is 2. The summed E-state index contributed by atoms with van der Waals surface area (Å²) in [7, 11) is 0. The standard InChI is InChI=1S/C18H24Cl2N2O3/c1-3-21(4-2)18(24)13-7-9-22(10-8-13)17(23)12-25-14-5-6-15(19)16(20)11-14/h5-6,11,13H,3-4,7-10,12H2,1-2H3. The van der Waals surface area contributed by atoms with E-state index in [0.717, 1.165) is 13.1 Å². The highest BCUT2D eigenvalue weighted by atomic mass is 35.5. The Morgan fingerprint density at radius 1 is 1.16 bits per heavy atom. The third kappa shape index (κ3) is 5.25. The highest BCUT2D eigenvalue weighted by Crippen LogP contribution is 2.26. The fourth-order valence-electron chi connectivity index (χ4n) is 2.97. The van der Waals surface area contributed by atoms with Crippen molar-refractivity contribution in [1.82, 2.24) is 9.80 Å². The van der Waals surface area contributed by atoms with Crippen molar-refractivity contribution in [3.05, 3.63) is 28.2 Å². The van der Waals surface area contributed by atoms with E-state index in [4.69, 9.17) is 27.9 Å². The lowest BCUT2D eigenvalue weighted by Crippen LogP contribution is -2.45. The largest absolute Gasteiger partial charge is 0.484 e. The zero-order chi connectivity index (χ0) is 18.4. The average Bonchev–Trinajstić information content (AvgIpc) is 2.63. The summed E-state index contributed by atoms with van der Waals surface area (Å²) in [5, 5.41) is 0.836. The normalized spacial score (nSPS) is 15.1. The van der Waals surface area contributed by atoms with Crippen molar-refractivity contribution in [3.8, 4) is 5.75 Å². The van der Waals surface area contributed by atoms with Gasteiger partial charge in [-0.05, 0) is 38.8 Å². The van der Waals surface area contributed by atoms with Crippen LogP contribution in [0.15, 0.2) is 18.2 Å². The van der Waals surface area contributed by atoms with Gasteiger partial charge in [0.1, 0.15) is 5.75 Å². The number of piperidine rings is 1. The number of nitrogens with zero attached hydrogens (tertiary/aromatic N) is 2. The molecule has 0 unspecified atom stereocenters. The van der Waals surface area contributed by atoms with Crippen molar-refractivity contribution in [2.24, 2.45) is 5.92 Å². The van der Waals surface area contributed by atoms with Gasteiger partial charge in [0.05, 0.1) is 10.0 Å². The molecule has 0 bridgehead atoms. The Hall–Kier alpha value is -1.46. The second-order valence-electron chi connectivity index (χ2n) is 6.03. The predicted octanol–water partition coefficient (Wildman–Crippen LogP) is 3.48. The van der Waals surface area contributed by atoms with Crippen molar-refractivity contribution in [3.63, 3.8) is 0 Å². The summed E-state index contributed by atoms with van der Waals surface area (Å²) in [6.45, 7) is 6.55. The number of carbonyl (C=O) groups excluding carboxylic acids is 2. The van der Waals surface area contributed by atoms with Crippen LogP contribution in [0.2, 0.25) is 10.0 Å². The van der Waals surface area contributed by atoms with Crippen molar-refractivity contribution in [2.75, 3.05) is 32.8 Å². The Balaban J connectivity index is 1.81. The summed E-state index contributed by atoms with van der Waals surface area (Å²) in [6, 6.07) is 4.90. The van der Waals surface area contributed by atoms with Crippen molar-refractivity contribution >= 4 is 35.0 Å². The van der Waals surface area contributed by atoms with Crippen LogP contribution in [0.5, 0.6) is 5.75 Å². The molecule has 0 aromatic heterocycles. The second-order valence-corrected chi connectivity index (χ2v) is 6.84. The number of likely N-dealkylation sites (tertiary alicyclic amines) is 1. The first-order valence-corrected chi connectivity index (χ1v) is 9.36. The van der Waals surface area contributed by atoms with Gasteiger partial charge in [-0.2, -0.15) is 0 Å². The van der Waals surface area contributed by atoms with Gasteiger partial charge in [0.2, 0.25) is 5.91 Å². The molecule has 1 fully saturated rings. The quantitative estimate of drug-likeness (QED) is 0.751. The maximum Gasteiger partial charge on any atom is 0.260 e. The summed E-state index contributed by atoms with van der Waals surface area (Å²) < 4.78 is 5.49. The van der Waals surface area contributed by atoms with Gasteiger partial charge >= 0.3 is 0 Å². The summed E-state index contributed by atoms with van der Waals surface area (Å²) >= 11 is 11.8. The number of hydrogen-bond acceptors (Lipinski definition) is 3. The first-order chi connectivity index (χ1) is 12.0. The third-order valence-electron chi connectivity index (χ3n) is 4.53. The number of hydrogen-bond donors (Lipinski definition) is 0. The van der Waals surface area contributed by atoms with E-state index in [2.05, 4.69) is 0 Å². The Morgan fingerprint density at radius 3 is 2.36 bits per heavy atom. The molecule has 0 radical (unpaired) electrons. The summed E-state index contributed by atoms with van der Waals surface area (Å²) in [4.78, 5) is 28.3. The number of halogens is 2. The molecule has 0 N–H and O–H groups in total. The molecule has 1 heterocycles. The van der Waals surface area contributed by atoms with Gasteiger partial charge in [0.15, 0.2) is 6.61 Å². The van der Waals surface area contributed by atoms with Crippen LogP contribution in [0.1, 0.15) is 26.7 Å². The van der Waals surface area contributed by atoms with Crippen LogP contribution in [0.25, 0.3) is 0 Å². The number of carbonyl (C=O) groups is 2. The summed E-state index contributed by atoms with van der Waals surface area (Å²) in [6.07, 6.45) is 1.40. The van der Waals surface area contributed by atoms with E-state index in [9.17, 15) is 9.59 Å². The second kappa shape index (κ2) is 9.30. The molecule has 0 aliphatic carbocycles. The minimum atomic E-state index is -0.0835. The van der Waals surface area contributed by atoms with Crippen LogP contribution in [0, 0.1) is 5.92 Å². The SMILES string of the molecule is CCN(CC)C(=O)C1CCN(C(=O)COc2ccc(Cl)c(Cl)c2)CC1. The fourth-order valence-corrected chi connectivity index (χ4v) is 3.26. The molecule has 2 amide bonds. The monoisotopic (exact) mass is 386 g/mol. The molecule has 1 saturated heterocycles. The molecule has 2 rings (SSSR count). The molecular weight excluding hydrogens is 363 g/mol. The molecule has 7 heteroatoms. The molecule has 25 heavy (non-hydrogen) atoms. The van der Waals surface area contributed by atoms with Crippen LogP contribution < -0.4 is 4.74 Å². The molecule has 1 aliphatic heterocycles. The van der Waals surface area contributed by atoms with E-state index < -0.39 is 0 Å². The molecule has 0 atom stereocenters. The highest BCUT2D eigenvalue weighted by Gasteiger charge is 2.29. The number of ether oxygens (including phenoxy) is 1. The Morgan fingerprint density at radius 2 is 1.80 bits per heavy atom. The maximum atomic E-state index is 12.4. The van der Waals surface area contributed by atoms with Gasteiger partial charge in [-0.3, -0.25) is 9.59 Å². The lowest BCUT2D eigenvalue weighted by atomic mass is 9.95. The van der Waals surface area contributed by atoms with Crippen LogP contribution in [-0.2, 0) is 9.59 Å².